The molecule has 0 atom stereocenters. The predicted molar refractivity (Wildman–Crippen MR) is 106 cm³/mol. The molecule has 0 aliphatic carbocycles. The Hall–Kier alpha value is -2.60. The van der Waals surface area contributed by atoms with Gasteiger partial charge in [0.15, 0.2) is 5.13 Å². The second-order valence-electron chi connectivity index (χ2n) is 6.38. The first kappa shape index (κ1) is 18.2. The van der Waals surface area contributed by atoms with Crippen molar-refractivity contribution >= 4 is 22.4 Å². The third-order valence-corrected chi connectivity index (χ3v) is 5.35. The average Bonchev–Trinajstić information content (AvgIpc) is 3.13. The van der Waals surface area contributed by atoms with Crippen LogP contribution in [0.4, 0.5) is 5.13 Å². The second kappa shape index (κ2) is 7.33. The average molecular weight is 369 g/mol. The van der Waals surface area contributed by atoms with Gasteiger partial charge in [-0.05, 0) is 38.8 Å². The van der Waals surface area contributed by atoms with Crippen LogP contribution in [-0.2, 0) is 11.3 Å². The molecule has 1 aromatic carbocycles. The first-order valence-electron chi connectivity index (χ1n) is 8.45. The number of carbonyl (C=O) groups is 1. The van der Waals surface area contributed by atoms with Crippen LogP contribution in [-0.4, -0.2) is 23.0 Å². The van der Waals surface area contributed by atoms with Crippen molar-refractivity contribution in [3.63, 3.8) is 0 Å². The lowest BCUT2D eigenvalue weighted by atomic mass is 10.1. The quantitative estimate of drug-likeness (QED) is 0.636. The lowest BCUT2D eigenvalue weighted by molar-refractivity contribution is 0.0599. The molecule has 0 aliphatic heterocycles. The molecule has 3 aromatic rings. The van der Waals surface area contributed by atoms with Crippen LogP contribution in [0.2, 0.25) is 0 Å². The number of hydrogen-bond acceptors (Lipinski definition) is 5. The number of esters is 1. The van der Waals surface area contributed by atoms with E-state index in [1.54, 1.807) is 11.3 Å². The van der Waals surface area contributed by atoms with Crippen molar-refractivity contribution in [1.82, 2.24) is 9.97 Å². The summed E-state index contributed by atoms with van der Waals surface area (Å²) in [7, 11) is 1.40. The molecule has 0 aliphatic rings. The highest BCUT2D eigenvalue weighted by atomic mass is 32.1. The molecule has 0 unspecified atom stereocenters. The minimum atomic E-state index is -0.326. The second-order valence-corrected chi connectivity index (χ2v) is 7.58. The summed E-state index contributed by atoms with van der Waals surface area (Å²) < 4.78 is 4.89. The topological polar surface area (TPSA) is 67.0 Å². The number of aromatic amines is 1. The smallest absolute Gasteiger partial charge is 0.339 e. The van der Waals surface area contributed by atoms with Crippen molar-refractivity contribution in [2.75, 3.05) is 12.4 Å². The Kier molecular flexibility index (Phi) is 5.13. The monoisotopic (exact) mass is 369 g/mol. The molecular formula is C20H23N3O2S. The largest absolute Gasteiger partial charge is 0.465 e. The van der Waals surface area contributed by atoms with Gasteiger partial charge in [0.2, 0.25) is 0 Å². The number of H-pyrrole nitrogens is 1. The Labute approximate surface area is 157 Å². The number of nitrogens with one attached hydrogen (secondary N) is 2. The SMILES string of the molecule is COC(=O)c1c(C)[nH]c(-c2nc(NCc3ccc(C)cc3)sc2C)c1C. The fraction of sp³-hybridized carbons (Fsp3) is 0.300. The van der Waals surface area contributed by atoms with Crippen molar-refractivity contribution in [2.45, 2.75) is 34.2 Å². The van der Waals surface area contributed by atoms with E-state index in [4.69, 9.17) is 9.72 Å². The zero-order valence-corrected chi connectivity index (χ0v) is 16.5. The Balaban J connectivity index is 1.84. The molecule has 2 N–H and O–H groups in total. The highest BCUT2D eigenvalue weighted by molar-refractivity contribution is 7.16. The Morgan fingerprint density at radius 3 is 2.54 bits per heavy atom. The van der Waals surface area contributed by atoms with Crippen LogP contribution in [0.1, 0.15) is 37.6 Å². The molecule has 0 spiro atoms. The van der Waals surface area contributed by atoms with Gasteiger partial charge in [-0.3, -0.25) is 0 Å². The fourth-order valence-corrected chi connectivity index (χ4v) is 3.80. The Morgan fingerprint density at radius 1 is 1.19 bits per heavy atom. The summed E-state index contributed by atoms with van der Waals surface area (Å²) in [6.45, 7) is 8.64. The minimum absolute atomic E-state index is 0.326. The molecule has 0 amide bonds. The summed E-state index contributed by atoms with van der Waals surface area (Å²) in [6.07, 6.45) is 0. The molecule has 0 saturated carbocycles. The molecule has 0 radical (unpaired) electrons. The number of aryl methyl sites for hydroxylation is 3. The zero-order valence-electron chi connectivity index (χ0n) is 15.7. The van der Waals surface area contributed by atoms with Crippen molar-refractivity contribution in [1.29, 1.82) is 0 Å². The number of aromatic nitrogens is 2. The van der Waals surface area contributed by atoms with E-state index in [0.29, 0.717) is 5.56 Å². The maximum atomic E-state index is 12.0. The van der Waals surface area contributed by atoms with Crippen LogP contribution in [0.25, 0.3) is 11.4 Å². The summed E-state index contributed by atoms with van der Waals surface area (Å²) in [4.78, 5) is 21.1. The van der Waals surface area contributed by atoms with Crippen LogP contribution < -0.4 is 5.32 Å². The minimum Gasteiger partial charge on any atom is -0.465 e. The van der Waals surface area contributed by atoms with Gasteiger partial charge in [-0.15, -0.1) is 11.3 Å². The summed E-state index contributed by atoms with van der Waals surface area (Å²) >= 11 is 1.61. The van der Waals surface area contributed by atoms with Crippen LogP contribution in [0, 0.1) is 27.7 Å². The maximum Gasteiger partial charge on any atom is 0.339 e. The lowest BCUT2D eigenvalue weighted by Crippen LogP contribution is -2.03. The Morgan fingerprint density at radius 2 is 1.88 bits per heavy atom. The molecule has 3 rings (SSSR count). The van der Waals surface area contributed by atoms with E-state index in [1.165, 1.54) is 18.2 Å². The zero-order chi connectivity index (χ0) is 18.8. The lowest BCUT2D eigenvalue weighted by Gasteiger charge is -2.03. The number of benzene rings is 1. The molecule has 2 heterocycles. The van der Waals surface area contributed by atoms with Gasteiger partial charge < -0.3 is 15.0 Å². The standard InChI is InChI=1S/C20H23N3O2S/c1-11-6-8-15(9-7-11)10-21-20-23-18(14(4)26-20)17-12(2)16(13(3)22-17)19(24)25-5/h6-9,22H,10H2,1-5H3,(H,21,23). The van der Waals surface area contributed by atoms with Crippen molar-refractivity contribution in [3.05, 3.63) is 57.1 Å². The third-order valence-electron chi connectivity index (χ3n) is 4.42. The number of rotatable bonds is 5. The van der Waals surface area contributed by atoms with Gasteiger partial charge in [0.25, 0.3) is 0 Å². The van der Waals surface area contributed by atoms with Gasteiger partial charge in [-0.1, -0.05) is 29.8 Å². The molecule has 26 heavy (non-hydrogen) atoms. The van der Waals surface area contributed by atoms with Crippen molar-refractivity contribution < 1.29 is 9.53 Å². The van der Waals surface area contributed by atoms with E-state index in [9.17, 15) is 4.79 Å². The molecule has 2 aromatic heterocycles. The third kappa shape index (κ3) is 3.51. The van der Waals surface area contributed by atoms with Gasteiger partial charge >= 0.3 is 5.97 Å². The summed E-state index contributed by atoms with van der Waals surface area (Å²) in [5, 5.41) is 4.25. The fourth-order valence-electron chi connectivity index (χ4n) is 2.98. The van der Waals surface area contributed by atoms with E-state index >= 15 is 0 Å². The predicted octanol–water partition coefficient (Wildman–Crippen LogP) is 4.77. The van der Waals surface area contributed by atoms with Crippen molar-refractivity contribution in [2.24, 2.45) is 0 Å². The highest BCUT2D eigenvalue weighted by Gasteiger charge is 2.22. The van der Waals surface area contributed by atoms with Gasteiger partial charge in [0, 0.05) is 17.1 Å². The number of nitrogens with zero attached hydrogens (tertiary/aromatic N) is 1. The molecule has 0 bridgehead atoms. The van der Waals surface area contributed by atoms with E-state index in [1.807, 2.05) is 20.8 Å². The van der Waals surface area contributed by atoms with Crippen LogP contribution in [0.3, 0.4) is 0 Å². The van der Waals surface area contributed by atoms with E-state index in [2.05, 4.69) is 41.5 Å². The van der Waals surface area contributed by atoms with Crippen molar-refractivity contribution in [3.8, 4) is 11.4 Å². The maximum absolute atomic E-state index is 12.0. The number of carbonyl (C=O) groups excluding carboxylic acids is 1. The number of anilines is 1. The van der Waals surface area contributed by atoms with Gasteiger partial charge in [-0.2, -0.15) is 0 Å². The van der Waals surface area contributed by atoms with Gasteiger partial charge in [-0.25, -0.2) is 9.78 Å². The summed E-state index contributed by atoms with van der Waals surface area (Å²) in [5.41, 5.74) is 6.46. The van der Waals surface area contributed by atoms with Gasteiger partial charge in [0.05, 0.1) is 18.4 Å². The number of thiazole rings is 1. The first-order valence-corrected chi connectivity index (χ1v) is 9.27. The summed E-state index contributed by atoms with van der Waals surface area (Å²) in [5.74, 6) is -0.326. The van der Waals surface area contributed by atoms with E-state index in [-0.39, 0.29) is 5.97 Å². The van der Waals surface area contributed by atoms with Gasteiger partial charge in [0.1, 0.15) is 5.69 Å². The normalized spacial score (nSPS) is 10.8. The van der Waals surface area contributed by atoms with E-state index < -0.39 is 0 Å². The van der Waals surface area contributed by atoms with Crippen LogP contribution in [0.5, 0.6) is 0 Å². The molecular weight excluding hydrogens is 346 g/mol. The number of hydrogen-bond donors (Lipinski definition) is 2. The molecule has 0 fully saturated rings. The van der Waals surface area contributed by atoms with Crippen LogP contribution >= 0.6 is 11.3 Å². The molecule has 136 valence electrons. The molecule has 6 heteroatoms. The Bertz CT molecular complexity index is 939. The van der Waals surface area contributed by atoms with E-state index in [0.717, 1.165) is 39.2 Å². The highest BCUT2D eigenvalue weighted by Crippen LogP contribution is 2.34. The van der Waals surface area contributed by atoms with Crippen LogP contribution in [0.15, 0.2) is 24.3 Å². The molecule has 5 nitrogen and oxygen atoms in total. The first-order chi connectivity index (χ1) is 12.4. The molecule has 0 saturated heterocycles. The number of methoxy groups -OCH3 is 1. The number of ether oxygens (including phenoxy) is 1. The summed E-state index contributed by atoms with van der Waals surface area (Å²) in [6, 6.07) is 8.44.